The van der Waals surface area contributed by atoms with Crippen molar-refractivity contribution in [1.82, 2.24) is 4.90 Å². The standard InChI is InChI=1S/C11H22BrN/c1-2-3-5-8-13-9-6-4-7-11(13)10-12/h11H,2-10H2,1H3. The number of halogens is 1. The monoisotopic (exact) mass is 247 g/mol. The maximum atomic E-state index is 3.62. The average molecular weight is 248 g/mol. The van der Waals surface area contributed by atoms with Crippen LogP contribution in [0.15, 0.2) is 0 Å². The number of piperidine rings is 1. The topological polar surface area (TPSA) is 3.24 Å². The minimum atomic E-state index is 0.825. The van der Waals surface area contributed by atoms with Crippen molar-refractivity contribution in [2.75, 3.05) is 18.4 Å². The Morgan fingerprint density at radius 1 is 1.31 bits per heavy atom. The highest BCUT2D eigenvalue weighted by atomic mass is 79.9. The summed E-state index contributed by atoms with van der Waals surface area (Å²) in [4.78, 5) is 2.67. The van der Waals surface area contributed by atoms with Crippen LogP contribution >= 0.6 is 15.9 Å². The molecule has 1 aliphatic rings. The number of likely N-dealkylation sites (tertiary alicyclic amines) is 1. The second-order valence-electron chi connectivity index (χ2n) is 4.05. The molecular weight excluding hydrogens is 226 g/mol. The predicted octanol–water partition coefficient (Wildman–Crippen LogP) is 3.43. The van der Waals surface area contributed by atoms with Crippen LogP contribution in [-0.2, 0) is 0 Å². The van der Waals surface area contributed by atoms with Crippen LogP contribution in [0.5, 0.6) is 0 Å². The average Bonchev–Trinajstić information content (AvgIpc) is 2.19. The Morgan fingerprint density at radius 2 is 2.15 bits per heavy atom. The van der Waals surface area contributed by atoms with Gasteiger partial charge < -0.3 is 0 Å². The highest BCUT2D eigenvalue weighted by molar-refractivity contribution is 9.09. The summed E-state index contributed by atoms with van der Waals surface area (Å²) < 4.78 is 0. The lowest BCUT2D eigenvalue weighted by molar-refractivity contribution is 0.162. The van der Waals surface area contributed by atoms with E-state index in [1.165, 1.54) is 56.9 Å². The Morgan fingerprint density at radius 3 is 2.85 bits per heavy atom. The molecular formula is C11H22BrN. The van der Waals surface area contributed by atoms with Gasteiger partial charge in [0, 0.05) is 11.4 Å². The van der Waals surface area contributed by atoms with Crippen molar-refractivity contribution < 1.29 is 0 Å². The quantitative estimate of drug-likeness (QED) is 0.532. The van der Waals surface area contributed by atoms with Crippen LogP contribution in [0.3, 0.4) is 0 Å². The van der Waals surface area contributed by atoms with E-state index in [-0.39, 0.29) is 0 Å². The summed E-state index contributed by atoms with van der Waals surface area (Å²) in [6.07, 6.45) is 8.37. The summed E-state index contributed by atoms with van der Waals surface area (Å²) in [5.74, 6) is 0. The Hall–Kier alpha value is 0.440. The van der Waals surface area contributed by atoms with Crippen LogP contribution in [-0.4, -0.2) is 29.4 Å². The van der Waals surface area contributed by atoms with Gasteiger partial charge in [-0.15, -0.1) is 0 Å². The van der Waals surface area contributed by atoms with E-state index < -0.39 is 0 Å². The normalized spacial score (nSPS) is 24.9. The summed E-state index contributed by atoms with van der Waals surface area (Å²) in [5.41, 5.74) is 0. The van der Waals surface area contributed by atoms with Crippen molar-refractivity contribution in [3.05, 3.63) is 0 Å². The van der Waals surface area contributed by atoms with Gasteiger partial charge in [0.2, 0.25) is 0 Å². The lowest BCUT2D eigenvalue weighted by atomic mass is 10.0. The third-order valence-corrected chi connectivity index (χ3v) is 3.72. The zero-order valence-corrected chi connectivity index (χ0v) is 10.4. The molecule has 0 amide bonds. The molecule has 1 aliphatic heterocycles. The van der Waals surface area contributed by atoms with Crippen LogP contribution in [0.1, 0.15) is 45.4 Å². The lowest BCUT2D eigenvalue weighted by Gasteiger charge is -2.34. The van der Waals surface area contributed by atoms with Gasteiger partial charge in [0.1, 0.15) is 0 Å². The van der Waals surface area contributed by atoms with Crippen molar-refractivity contribution >= 4 is 15.9 Å². The van der Waals surface area contributed by atoms with Gasteiger partial charge in [-0.25, -0.2) is 0 Å². The molecule has 0 aromatic heterocycles. The largest absolute Gasteiger partial charge is 0.300 e. The summed E-state index contributed by atoms with van der Waals surface area (Å²) in [6, 6.07) is 0.825. The van der Waals surface area contributed by atoms with Gasteiger partial charge in [-0.2, -0.15) is 0 Å². The smallest absolute Gasteiger partial charge is 0.0192 e. The third kappa shape index (κ3) is 3.99. The molecule has 0 aromatic rings. The van der Waals surface area contributed by atoms with Gasteiger partial charge in [-0.3, -0.25) is 4.90 Å². The molecule has 0 aromatic carbocycles. The van der Waals surface area contributed by atoms with E-state index in [2.05, 4.69) is 27.8 Å². The van der Waals surface area contributed by atoms with E-state index in [0.29, 0.717) is 0 Å². The lowest BCUT2D eigenvalue weighted by Crippen LogP contribution is -2.41. The Balaban J connectivity index is 2.19. The molecule has 1 saturated heterocycles. The maximum absolute atomic E-state index is 3.62. The van der Waals surface area contributed by atoms with Crippen LogP contribution in [0, 0.1) is 0 Å². The fourth-order valence-electron chi connectivity index (χ4n) is 2.09. The highest BCUT2D eigenvalue weighted by Crippen LogP contribution is 2.19. The molecule has 1 nitrogen and oxygen atoms in total. The maximum Gasteiger partial charge on any atom is 0.0192 e. The number of alkyl halides is 1. The number of nitrogens with zero attached hydrogens (tertiary/aromatic N) is 1. The molecule has 13 heavy (non-hydrogen) atoms. The van der Waals surface area contributed by atoms with Gasteiger partial charge in [0.25, 0.3) is 0 Å². The molecule has 1 atom stereocenters. The molecule has 1 unspecified atom stereocenters. The zero-order chi connectivity index (χ0) is 9.52. The van der Waals surface area contributed by atoms with Crippen molar-refractivity contribution in [3.63, 3.8) is 0 Å². The molecule has 1 fully saturated rings. The van der Waals surface area contributed by atoms with E-state index in [9.17, 15) is 0 Å². The zero-order valence-electron chi connectivity index (χ0n) is 8.77. The first-order valence-electron chi connectivity index (χ1n) is 5.68. The molecule has 0 aliphatic carbocycles. The summed E-state index contributed by atoms with van der Waals surface area (Å²) in [6.45, 7) is 4.93. The first-order valence-corrected chi connectivity index (χ1v) is 6.80. The number of rotatable bonds is 5. The second kappa shape index (κ2) is 6.83. The summed E-state index contributed by atoms with van der Waals surface area (Å²) in [5, 5.41) is 1.17. The third-order valence-electron chi connectivity index (χ3n) is 2.98. The summed E-state index contributed by atoms with van der Waals surface area (Å²) >= 11 is 3.62. The molecule has 0 saturated carbocycles. The molecule has 2 heteroatoms. The number of hydrogen-bond acceptors (Lipinski definition) is 1. The fourth-order valence-corrected chi connectivity index (χ4v) is 2.83. The van der Waals surface area contributed by atoms with Crippen molar-refractivity contribution in [3.8, 4) is 0 Å². The first kappa shape index (κ1) is 11.5. The Bertz CT molecular complexity index is 127. The molecule has 1 heterocycles. The van der Waals surface area contributed by atoms with Gasteiger partial charge in [-0.1, -0.05) is 42.1 Å². The first-order chi connectivity index (χ1) is 6.38. The molecule has 0 N–H and O–H groups in total. The number of unbranched alkanes of at least 4 members (excludes halogenated alkanes) is 2. The van der Waals surface area contributed by atoms with E-state index >= 15 is 0 Å². The van der Waals surface area contributed by atoms with E-state index in [4.69, 9.17) is 0 Å². The van der Waals surface area contributed by atoms with Crippen molar-refractivity contribution in [1.29, 1.82) is 0 Å². The van der Waals surface area contributed by atoms with Gasteiger partial charge in [-0.05, 0) is 32.4 Å². The molecule has 0 bridgehead atoms. The Kier molecular flexibility index (Phi) is 6.05. The highest BCUT2D eigenvalue weighted by Gasteiger charge is 2.20. The van der Waals surface area contributed by atoms with Crippen molar-refractivity contribution in [2.24, 2.45) is 0 Å². The molecule has 1 rings (SSSR count). The van der Waals surface area contributed by atoms with E-state index in [1.54, 1.807) is 0 Å². The van der Waals surface area contributed by atoms with Crippen LogP contribution in [0.4, 0.5) is 0 Å². The summed E-state index contributed by atoms with van der Waals surface area (Å²) in [7, 11) is 0. The van der Waals surface area contributed by atoms with Gasteiger partial charge >= 0.3 is 0 Å². The minimum Gasteiger partial charge on any atom is -0.300 e. The fraction of sp³-hybridized carbons (Fsp3) is 1.00. The van der Waals surface area contributed by atoms with Crippen LogP contribution in [0.25, 0.3) is 0 Å². The van der Waals surface area contributed by atoms with Crippen molar-refractivity contribution in [2.45, 2.75) is 51.5 Å². The molecule has 0 radical (unpaired) electrons. The number of hydrogen-bond donors (Lipinski definition) is 0. The van der Waals surface area contributed by atoms with Crippen LogP contribution < -0.4 is 0 Å². The van der Waals surface area contributed by atoms with Gasteiger partial charge in [0.15, 0.2) is 0 Å². The van der Waals surface area contributed by atoms with Gasteiger partial charge in [0.05, 0.1) is 0 Å². The second-order valence-corrected chi connectivity index (χ2v) is 4.69. The van der Waals surface area contributed by atoms with Crippen LogP contribution in [0.2, 0.25) is 0 Å². The molecule has 0 spiro atoms. The van der Waals surface area contributed by atoms with E-state index in [0.717, 1.165) is 6.04 Å². The predicted molar refractivity (Wildman–Crippen MR) is 62.5 cm³/mol. The Labute approximate surface area is 91.0 Å². The SMILES string of the molecule is CCCCCN1CCCCC1CBr. The molecule has 78 valence electrons. The minimum absolute atomic E-state index is 0.825. The van der Waals surface area contributed by atoms with E-state index in [1.807, 2.05) is 0 Å².